The van der Waals surface area contributed by atoms with Crippen LogP contribution in [-0.4, -0.2) is 64.3 Å². The Morgan fingerprint density at radius 2 is 1.78 bits per heavy atom. The number of hydrogen-bond acceptors (Lipinski definition) is 6. The molecule has 1 aliphatic heterocycles. The van der Waals surface area contributed by atoms with Crippen molar-refractivity contribution in [1.82, 2.24) is 15.1 Å². The average molecular weight is 377 g/mol. The maximum Gasteiger partial charge on any atom is 0.330 e. The summed E-state index contributed by atoms with van der Waals surface area (Å²) in [7, 11) is 0. The van der Waals surface area contributed by atoms with Gasteiger partial charge in [-0.15, -0.1) is 0 Å². The molecule has 1 fully saturated rings. The number of carbonyl (C=O) groups excluding carboxylic acids is 4. The molecule has 0 saturated carbocycles. The number of carbonyl (C=O) groups is 5. The molecule has 2 rings (SSSR count). The van der Waals surface area contributed by atoms with E-state index in [2.05, 4.69) is 5.32 Å². The van der Waals surface area contributed by atoms with E-state index in [-0.39, 0.29) is 24.4 Å². The van der Waals surface area contributed by atoms with Crippen molar-refractivity contribution in [3.63, 3.8) is 0 Å². The Morgan fingerprint density at radius 3 is 2.30 bits per heavy atom. The van der Waals surface area contributed by atoms with E-state index in [9.17, 15) is 29.1 Å². The van der Waals surface area contributed by atoms with Crippen LogP contribution >= 0.6 is 0 Å². The van der Waals surface area contributed by atoms with Gasteiger partial charge in [-0.2, -0.15) is 0 Å². The van der Waals surface area contributed by atoms with Crippen molar-refractivity contribution in [2.24, 2.45) is 0 Å². The van der Waals surface area contributed by atoms with E-state index in [0.29, 0.717) is 11.4 Å². The number of carboxylic acids is 1. The molecule has 0 aliphatic carbocycles. The minimum Gasteiger partial charge on any atom is -0.479 e. The van der Waals surface area contributed by atoms with Crippen LogP contribution in [0.5, 0.6) is 5.75 Å². The zero-order valence-corrected chi connectivity index (χ0v) is 14.8. The molecule has 0 bridgehead atoms. The number of urea groups is 1. The van der Waals surface area contributed by atoms with Crippen LogP contribution in [0.15, 0.2) is 24.3 Å². The van der Waals surface area contributed by atoms with Crippen LogP contribution in [0.2, 0.25) is 0 Å². The van der Waals surface area contributed by atoms with Crippen LogP contribution in [-0.2, 0) is 19.2 Å². The normalized spacial score (nSPS) is 15.3. The first kappa shape index (κ1) is 19.9. The summed E-state index contributed by atoms with van der Waals surface area (Å²) >= 11 is 0. The molecule has 1 aromatic rings. The van der Waals surface area contributed by atoms with E-state index in [1.807, 2.05) is 0 Å². The molecule has 4 amide bonds. The number of rotatable bonds is 5. The van der Waals surface area contributed by atoms with Gasteiger partial charge in [0.15, 0.2) is 6.04 Å². The van der Waals surface area contributed by atoms with Crippen LogP contribution < -0.4 is 10.1 Å². The second kappa shape index (κ2) is 8.30. The van der Waals surface area contributed by atoms with Crippen molar-refractivity contribution in [2.75, 3.05) is 19.6 Å². The topological polar surface area (TPSA) is 133 Å². The molecule has 1 atom stereocenters. The number of nitrogens with zero attached hydrogens (tertiary/aromatic N) is 2. The molecular formula is C17H19N3O7. The summed E-state index contributed by atoms with van der Waals surface area (Å²) in [6, 6.07) is 3.09. The van der Waals surface area contributed by atoms with Crippen LogP contribution in [0.25, 0.3) is 0 Å². The Balaban J connectivity index is 2.13. The van der Waals surface area contributed by atoms with Crippen molar-refractivity contribution in [3.05, 3.63) is 29.8 Å². The van der Waals surface area contributed by atoms with Gasteiger partial charge < -0.3 is 20.1 Å². The summed E-state index contributed by atoms with van der Waals surface area (Å²) in [6.45, 7) is 3.43. The highest BCUT2D eigenvalue weighted by atomic mass is 16.5. The number of benzene rings is 1. The number of carboxylic acid groups (broad SMARTS) is 1. The highest BCUT2D eigenvalue weighted by Gasteiger charge is 2.37. The van der Waals surface area contributed by atoms with Crippen molar-refractivity contribution >= 4 is 29.8 Å². The monoisotopic (exact) mass is 377 g/mol. The minimum atomic E-state index is -1.45. The lowest BCUT2D eigenvalue weighted by Gasteiger charge is -2.32. The number of likely N-dealkylation sites (N-methyl/N-ethyl adjacent to an activating group) is 1. The predicted molar refractivity (Wildman–Crippen MR) is 90.6 cm³/mol. The molecule has 1 heterocycles. The van der Waals surface area contributed by atoms with E-state index in [1.165, 1.54) is 36.1 Å². The van der Waals surface area contributed by atoms with E-state index in [1.54, 1.807) is 6.92 Å². The highest BCUT2D eigenvalue weighted by Crippen LogP contribution is 2.19. The zero-order valence-electron chi connectivity index (χ0n) is 14.8. The predicted octanol–water partition coefficient (Wildman–Crippen LogP) is 0.138. The van der Waals surface area contributed by atoms with E-state index in [4.69, 9.17) is 4.74 Å². The summed E-state index contributed by atoms with van der Waals surface area (Å²) in [5.74, 6) is -3.47. The number of amides is 4. The molecule has 1 aliphatic rings. The lowest BCUT2D eigenvalue weighted by molar-refractivity contribution is -0.153. The molecular weight excluding hydrogens is 358 g/mol. The number of aliphatic carboxylic acids is 1. The van der Waals surface area contributed by atoms with Crippen molar-refractivity contribution in [3.8, 4) is 5.75 Å². The van der Waals surface area contributed by atoms with Crippen molar-refractivity contribution < 1.29 is 33.8 Å². The maximum absolute atomic E-state index is 12.3. The Morgan fingerprint density at radius 1 is 1.15 bits per heavy atom. The Labute approximate surface area is 154 Å². The van der Waals surface area contributed by atoms with Gasteiger partial charge in [0.2, 0.25) is 0 Å². The van der Waals surface area contributed by atoms with Crippen LogP contribution in [0.4, 0.5) is 4.79 Å². The second-order valence-electron chi connectivity index (χ2n) is 5.73. The third kappa shape index (κ3) is 4.60. The van der Waals surface area contributed by atoms with E-state index < -0.39 is 35.8 Å². The van der Waals surface area contributed by atoms with Crippen molar-refractivity contribution in [1.29, 1.82) is 0 Å². The Bertz CT molecular complexity index is 775. The first-order valence-electron chi connectivity index (χ1n) is 8.17. The smallest absolute Gasteiger partial charge is 0.330 e. The SMILES string of the molecule is CCN1CCN(C(=O)N[C@H](C(=O)O)c2ccc(OC(C)=O)cc2)C(=O)C1=O. The average Bonchev–Trinajstić information content (AvgIpc) is 2.62. The fraction of sp³-hybridized carbons (Fsp3) is 0.353. The van der Waals surface area contributed by atoms with Gasteiger partial charge in [0.1, 0.15) is 5.75 Å². The number of piperazine rings is 1. The van der Waals surface area contributed by atoms with E-state index >= 15 is 0 Å². The number of imide groups is 1. The third-order valence-electron chi connectivity index (χ3n) is 3.93. The van der Waals surface area contributed by atoms with E-state index in [0.717, 1.165) is 0 Å². The van der Waals surface area contributed by atoms with Gasteiger partial charge in [-0.05, 0) is 24.6 Å². The van der Waals surface area contributed by atoms with Crippen molar-refractivity contribution in [2.45, 2.75) is 19.9 Å². The lowest BCUT2D eigenvalue weighted by atomic mass is 10.1. The summed E-state index contributed by atoms with van der Waals surface area (Å²) in [4.78, 5) is 60.7. The van der Waals surface area contributed by atoms with Gasteiger partial charge >= 0.3 is 29.8 Å². The molecule has 0 aromatic heterocycles. The molecule has 0 unspecified atom stereocenters. The first-order valence-corrected chi connectivity index (χ1v) is 8.17. The lowest BCUT2D eigenvalue weighted by Crippen LogP contribution is -2.58. The van der Waals surface area contributed by atoms with Gasteiger partial charge in [0, 0.05) is 26.6 Å². The minimum absolute atomic E-state index is 0.0258. The highest BCUT2D eigenvalue weighted by molar-refractivity contribution is 6.38. The molecule has 10 nitrogen and oxygen atoms in total. The molecule has 0 radical (unpaired) electrons. The third-order valence-corrected chi connectivity index (χ3v) is 3.93. The van der Waals surface area contributed by atoms with Gasteiger partial charge in [0.05, 0.1) is 0 Å². The second-order valence-corrected chi connectivity index (χ2v) is 5.73. The largest absolute Gasteiger partial charge is 0.479 e. The molecule has 10 heteroatoms. The van der Waals surface area contributed by atoms with Crippen LogP contribution in [0.1, 0.15) is 25.5 Å². The number of esters is 1. The quantitative estimate of drug-likeness (QED) is 0.423. The molecule has 144 valence electrons. The molecule has 27 heavy (non-hydrogen) atoms. The number of nitrogens with one attached hydrogen (secondary N) is 1. The molecule has 1 aromatic carbocycles. The fourth-order valence-electron chi connectivity index (χ4n) is 2.55. The Kier molecular flexibility index (Phi) is 6.11. The standard InChI is InChI=1S/C17H19N3O7/c1-3-19-8-9-20(15(23)14(19)22)17(26)18-13(16(24)25)11-4-6-12(7-5-11)27-10(2)21/h4-7,13H,3,8-9H2,1-2H3,(H,18,26)(H,24,25)/t13-/m0/s1. The summed E-state index contributed by atoms with van der Waals surface area (Å²) in [5.41, 5.74) is 0.206. The van der Waals surface area contributed by atoms with Gasteiger partial charge in [-0.3, -0.25) is 19.3 Å². The zero-order chi connectivity index (χ0) is 20.1. The number of ether oxygens (including phenoxy) is 1. The van der Waals surface area contributed by atoms with Gasteiger partial charge in [0.25, 0.3) is 0 Å². The fourth-order valence-corrected chi connectivity index (χ4v) is 2.55. The first-order chi connectivity index (χ1) is 12.7. The molecule has 0 spiro atoms. The van der Waals surface area contributed by atoms with Crippen LogP contribution in [0, 0.1) is 0 Å². The summed E-state index contributed by atoms with van der Waals surface area (Å²) in [5, 5.41) is 11.6. The molecule has 1 saturated heterocycles. The summed E-state index contributed by atoms with van der Waals surface area (Å²) in [6.07, 6.45) is 0. The van der Waals surface area contributed by atoms with Gasteiger partial charge in [-0.1, -0.05) is 12.1 Å². The summed E-state index contributed by atoms with van der Waals surface area (Å²) < 4.78 is 4.86. The maximum atomic E-state index is 12.3. The number of hydrogen-bond donors (Lipinski definition) is 2. The molecule has 2 N–H and O–H groups in total. The Hall–Kier alpha value is -3.43. The van der Waals surface area contributed by atoms with Gasteiger partial charge in [-0.25, -0.2) is 9.59 Å². The van der Waals surface area contributed by atoms with Crippen LogP contribution in [0.3, 0.4) is 0 Å².